The molecule has 4 aromatic rings. The van der Waals surface area contributed by atoms with Crippen LogP contribution in [0.25, 0.3) is 21.9 Å². The Hall–Kier alpha value is -3.06. The van der Waals surface area contributed by atoms with Crippen molar-refractivity contribution in [2.75, 3.05) is 0 Å². The van der Waals surface area contributed by atoms with Gasteiger partial charge in [0, 0.05) is 0 Å². The largest absolute Gasteiger partial charge is 0.508 e. The molecule has 4 rings (SSSR count). The van der Waals surface area contributed by atoms with Gasteiger partial charge in [0.25, 0.3) is 0 Å². The summed E-state index contributed by atoms with van der Waals surface area (Å²) in [5.41, 5.74) is 6.23. The number of phenols is 1. The van der Waals surface area contributed by atoms with Crippen LogP contribution >= 0.6 is 0 Å². The first-order chi connectivity index (χ1) is 12.7. The Morgan fingerprint density at radius 2 is 1.54 bits per heavy atom. The van der Waals surface area contributed by atoms with E-state index in [4.69, 9.17) is 0 Å². The van der Waals surface area contributed by atoms with Gasteiger partial charge in [0.2, 0.25) is 0 Å². The Labute approximate surface area is 154 Å². The third kappa shape index (κ3) is 3.21. The highest BCUT2D eigenvalue weighted by Gasteiger charge is 2.07. The van der Waals surface area contributed by atoms with Crippen LogP contribution in [-0.2, 0) is 12.8 Å². The second-order valence-corrected chi connectivity index (χ2v) is 6.71. The van der Waals surface area contributed by atoms with E-state index in [1.54, 1.807) is 6.07 Å². The van der Waals surface area contributed by atoms with Crippen LogP contribution in [0.1, 0.15) is 23.6 Å². The van der Waals surface area contributed by atoms with Gasteiger partial charge in [-0.1, -0.05) is 79.7 Å². The Kier molecular flexibility index (Phi) is 4.45. The molecule has 0 spiro atoms. The van der Waals surface area contributed by atoms with E-state index in [0.717, 1.165) is 12.8 Å². The molecule has 0 aliphatic rings. The SMILES string of the molecule is CCc1cc(O)ccc1-c1cccc(Cc2cccc3ccccc23)c1. The monoisotopic (exact) mass is 338 g/mol. The van der Waals surface area contributed by atoms with Crippen LogP contribution in [0.15, 0.2) is 84.9 Å². The lowest BCUT2D eigenvalue weighted by Crippen LogP contribution is -1.92. The third-order valence-corrected chi connectivity index (χ3v) is 4.98. The summed E-state index contributed by atoms with van der Waals surface area (Å²) < 4.78 is 0. The van der Waals surface area contributed by atoms with Gasteiger partial charge >= 0.3 is 0 Å². The number of phenolic OH excluding ortho intramolecular Hbond substituents is 1. The van der Waals surface area contributed by atoms with Crippen LogP contribution in [0, 0.1) is 0 Å². The highest BCUT2D eigenvalue weighted by molar-refractivity contribution is 5.86. The van der Waals surface area contributed by atoms with E-state index in [9.17, 15) is 5.11 Å². The van der Waals surface area contributed by atoms with Crippen LogP contribution in [0.5, 0.6) is 5.75 Å². The Morgan fingerprint density at radius 3 is 2.42 bits per heavy atom. The summed E-state index contributed by atoms with van der Waals surface area (Å²) in [5, 5.41) is 12.4. The maximum absolute atomic E-state index is 9.77. The topological polar surface area (TPSA) is 20.2 Å². The quantitative estimate of drug-likeness (QED) is 0.458. The molecule has 4 aromatic carbocycles. The highest BCUT2D eigenvalue weighted by atomic mass is 16.3. The van der Waals surface area contributed by atoms with E-state index >= 15 is 0 Å². The molecule has 0 aromatic heterocycles. The van der Waals surface area contributed by atoms with Gasteiger partial charge in [-0.25, -0.2) is 0 Å². The van der Waals surface area contributed by atoms with Gasteiger partial charge in [0.05, 0.1) is 0 Å². The Morgan fingerprint density at radius 1 is 0.731 bits per heavy atom. The van der Waals surface area contributed by atoms with Crippen molar-refractivity contribution in [2.24, 2.45) is 0 Å². The molecule has 1 heteroatoms. The predicted octanol–water partition coefficient (Wildman–Crippen LogP) is 6.37. The average molecular weight is 338 g/mol. The van der Waals surface area contributed by atoms with Crippen molar-refractivity contribution in [1.29, 1.82) is 0 Å². The molecular weight excluding hydrogens is 316 g/mol. The summed E-state index contributed by atoms with van der Waals surface area (Å²) in [6, 6.07) is 29.5. The van der Waals surface area contributed by atoms with E-state index in [-0.39, 0.29) is 0 Å². The van der Waals surface area contributed by atoms with Crippen molar-refractivity contribution >= 4 is 10.8 Å². The van der Waals surface area contributed by atoms with Gasteiger partial charge in [0.1, 0.15) is 5.75 Å². The minimum absolute atomic E-state index is 0.331. The summed E-state index contributed by atoms with van der Waals surface area (Å²) in [4.78, 5) is 0. The maximum Gasteiger partial charge on any atom is 0.115 e. The number of aromatic hydroxyl groups is 1. The molecule has 0 radical (unpaired) electrons. The number of fused-ring (bicyclic) bond motifs is 1. The molecule has 0 unspecified atom stereocenters. The summed E-state index contributed by atoms with van der Waals surface area (Å²) in [7, 11) is 0. The van der Waals surface area contributed by atoms with E-state index < -0.39 is 0 Å². The van der Waals surface area contributed by atoms with Crippen molar-refractivity contribution in [3.05, 3.63) is 102 Å². The van der Waals surface area contributed by atoms with E-state index in [1.165, 1.54) is 38.6 Å². The van der Waals surface area contributed by atoms with Gasteiger partial charge in [-0.15, -0.1) is 0 Å². The van der Waals surface area contributed by atoms with Crippen LogP contribution < -0.4 is 0 Å². The van der Waals surface area contributed by atoms with Gasteiger partial charge in [-0.05, 0) is 63.6 Å². The van der Waals surface area contributed by atoms with E-state index in [2.05, 4.69) is 73.7 Å². The molecular formula is C25H22O. The number of hydrogen-bond donors (Lipinski definition) is 1. The molecule has 1 N–H and O–H groups in total. The Bertz CT molecular complexity index is 1060. The summed E-state index contributed by atoms with van der Waals surface area (Å²) in [5.74, 6) is 0.331. The Balaban J connectivity index is 1.72. The van der Waals surface area contributed by atoms with Gasteiger partial charge in [0.15, 0.2) is 0 Å². The first-order valence-electron chi connectivity index (χ1n) is 9.12. The van der Waals surface area contributed by atoms with Gasteiger partial charge < -0.3 is 5.11 Å². The standard InChI is InChI=1S/C25H22O/c1-2-19-17-23(26)13-14-25(19)22-10-5-7-18(16-22)15-21-11-6-9-20-8-3-4-12-24(20)21/h3-14,16-17,26H,2,15H2,1H3. The number of benzene rings is 4. The molecule has 0 saturated carbocycles. The van der Waals surface area contributed by atoms with Crippen molar-refractivity contribution < 1.29 is 5.11 Å². The molecule has 0 amide bonds. The fraction of sp³-hybridized carbons (Fsp3) is 0.120. The predicted molar refractivity (Wildman–Crippen MR) is 110 cm³/mol. The molecule has 1 nitrogen and oxygen atoms in total. The minimum Gasteiger partial charge on any atom is -0.508 e. The molecule has 0 heterocycles. The maximum atomic E-state index is 9.77. The summed E-state index contributed by atoms with van der Waals surface area (Å²) in [6.45, 7) is 2.12. The zero-order valence-corrected chi connectivity index (χ0v) is 14.9. The summed E-state index contributed by atoms with van der Waals surface area (Å²) in [6.07, 6.45) is 1.81. The molecule has 0 fully saturated rings. The van der Waals surface area contributed by atoms with Crippen molar-refractivity contribution in [3.8, 4) is 16.9 Å². The third-order valence-electron chi connectivity index (χ3n) is 4.98. The first-order valence-corrected chi connectivity index (χ1v) is 9.12. The number of rotatable bonds is 4. The first kappa shape index (κ1) is 16.4. The molecule has 128 valence electrons. The fourth-order valence-electron chi connectivity index (χ4n) is 3.67. The molecule has 26 heavy (non-hydrogen) atoms. The number of aryl methyl sites for hydroxylation is 1. The lowest BCUT2D eigenvalue weighted by molar-refractivity contribution is 0.474. The van der Waals surface area contributed by atoms with Crippen LogP contribution in [-0.4, -0.2) is 5.11 Å². The van der Waals surface area contributed by atoms with E-state index in [1.807, 2.05) is 12.1 Å². The molecule has 0 aliphatic heterocycles. The molecule has 0 saturated heterocycles. The molecule has 0 aliphatic carbocycles. The normalized spacial score (nSPS) is 11.0. The lowest BCUT2D eigenvalue weighted by atomic mass is 9.93. The second kappa shape index (κ2) is 7.05. The van der Waals surface area contributed by atoms with Gasteiger partial charge in [-0.2, -0.15) is 0 Å². The molecule has 0 atom stereocenters. The van der Waals surface area contributed by atoms with Crippen LogP contribution in [0.2, 0.25) is 0 Å². The van der Waals surface area contributed by atoms with Crippen molar-refractivity contribution in [2.45, 2.75) is 19.8 Å². The average Bonchev–Trinajstić information content (AvgIpc) is 2.68. The molecule has 0 bridgehead atoms. The minimum atomic E-state index is 0.331. The van der Waals surface area contributed by atoms with Crippen molar-refractivity contribution in [3.63, 3.8) is 0 Å². The zero-order valence-electron chi connectivity index (χ0n) is 14.9. The van der Waals surface area contributed by atoms with Gasteiger partial charge in [-0.3, -0.25) is 0 Å². The second-order valence-electron chi connectivity index (χ2n) is 6.71. The van der Waals surface area contributed by atoms with E-state index in [0.29, 0.717) is 5.75 Å². The van der Waals surface area contributed by atoms with Crippen LogP contribution in [0.3, 0.4) is 0 Å². The lowest BCUT2D eigenvalue weighted by Gasteiger charge is -2.11. The van der Waals surface area contributed by atoms with Crippen molar-refractivity contribution in [1.82, 2.24) is 0 Å². The highest BCUT2D eigenvalue weighted by Crippen LogP contribution is 2.29. The summed E-state index contributed by atoms with van der Waals surface area (Å²) >= 11 is 0. The van der Waals surface area contributed by atoms with Crippen LogP contribution in [0.4, 0.5) is 0 Å². The smallest absolute Gasteiger partial charge is 0.115 e. The number of hydrogen-bond acceptors (Lipinski definition) is 1. The fourth-order valence-corrected chi connectivity index (χ4v) is 3.67. The zero-order chi connectivity index (χ0) is 17.9.